The maximum Gasteiger partial charge on any atom is 0.268 e. The Bertz CT molecular complexity index is 1170. The van der Waals surface area contributed by atoms with E-state index < -0.39 is 17.8 Å². The van der Waals surface area contributed by atoms with E-state index in [1.54, 1.807) is 67.6 Å². The lowest BCUT2D eigenvalue weighted by molar-refractivity contribution is -0.125. The van der Waals surface area contributed by atoms with E-state index in [-0.39, 0.29) is 19.1 Å². The Morgan fingerprint density at radius 1 is 1.16 bits per heavy atom. The van der Waals surface area contributed by atoms with Crippen molar-refractivity contribution in [2.24, 2.45) is 0 Å². The molecule has 1 atom stereocenters. The number of carbonyl (C=O) groups excluding carboxylic acids is 2. The van der Waals surface area contributed by atoms with Crippen molar-refractivity contribution in [1.82, 2.24) is 0 Å². The van der Waals surface area contributed by atoms with Crippen molar-refractivity contribution in [2.45, 2.75) is 19.6 Å². The van der Waals surface area contributed by atoms with Crippen LogP contribution in [0.1, 0.15) is 12.5 Å². The summed E-state index contributed by atoms with van der Waals surface area (Å²) in [4.78, 5) is 26.6. The second kappa shape index (κ2) is 9.28. The number of fused-ring (bicyclic) bond motifs is 1. The molecule has 0 radical (unpaired) electrons. The van der Waals surface area contributed by atoms with Crippen molar-refractivity contribution in [3.8, 4) is 11.5 Å². The number of carbonyl (C=O) groups is 2. The molecule has 4 rings (SSSR count). The summed E-state index contributed by atoms with van der Waals surface area (Å²) in [6, 6.07) is 18.1. The first-order chi connectivity index (χ1) is 15.4. The Balaban J connectivity index is 1.52. The van der Waals surface area contributed by atoms with Gasteiger partial charge in [-0.05, 0) is 43.3 Å². The molecule has 0 saturated heterocycles. The second-order valence-corrected chi connectivity index (χ2v) is 7.63. The molecular weight excluding hydrogens is 435 g/mol. The number of halogens is 2. The number of anilines is 2. The Morgan fingerprint density at radius 2 is 1.91 bits per heavy atom. The number of benzene rings is 3. The van der Waals surface area contributed by atoms with E-state index in [0.717, 1.165) is 0 Å². The number of amides is 2. The van der Waals surface area contributed by atoms with Gasteiger partial charge in [-0.1, -0.05) is 41.9 Å². The van der Waals surface area contributed by atoms with Gasteiger partial charge in [0.05, 0.1) is 17.3 Å². The van der Waals surface area contributed by atoms with Crippen LogP contribution < -0.4 is 19.7 Å². The van der Waals surface area contributed by atoms with Gasteiger partial charge < -0.3 is 19.7 Å². The first kappa shape index (κ1) is 21.6. The summed E-state index contributed by atoms with van der Waals surface area (Å²) in [6.45, 7) is 1.44. The van der Waals surface area contributed by atoms with Crippen LogP contribution in [-0.2, 0) is 16.1 Å². The van der Waals surface area contributed by atoms with Crippen LogP contribution in [-0.4, -0.2) is 24.5 Å². The third-order valence-corrected chi connectivity index (χ3v) is 5.24. The molecule has 3 aromatic carbocycles. The predicted octanol–water partition coefficient (Wildman–Crippen LogP) is 4.81. The summed E-state index contributed by atoms with van der Waals surface area (Å²) in [5.41, 5.74) is 1.27. The molecule has 1 unspecified atom stereocenters. The summed E-state index contributed by atoms with van der Waals surface area (Å²) in [7, 11) is 0. The fraction of sp³-hybridized carbons (Fsp3) is 0.167. The maximum atomic E-state index is 14.2. The fourth-order valence-corrected chi connectivity index (χ4v) is 3.54. The lowest BCUT2D eigenvalue weighted by atomic mass is 10.1. The van der Waals surface area contributed by atoms with E-state index >= 15 is 0 Å². The minimum Gasteiger partial charge on any atom is -0.482 e. The Kier molecular flexibility index (Phi) is 6.28. The molecule has 1 heterocycles. The van der Waals surface area contributed by atoms with Crippen LogP contribution in [0.4, 0.5) is 15.8 Å². The molecule has 1 aliphatic heterocycles. The largest absolute Gasteiger partial charge is 0.482 e. The van der Waals surface area contributed by atoms with Crippen molar-refractivity contribution in [1.29, 1.82) is 0 Å². The third kappa shape index (κ3) is 4.68. The van der Waals surface area contributed by atoms with Crippen molar-refractivity contribution >= 4 is 34.8 Å². The van der Waals surface area contributed by atoms with E-state index in [2.05, 4.69) is 5.32 Å². The van der Waals surface area contributed by atoms with E-state index in [0.29, 0.717) is 33.5 Å². The lowest BCUT2D eigenvalue weighted by Crippen LogP contribution is -2.44. The molecule has 3 aromatic rings. The average Bonchev–Trinajstić information content (AvgIpc) is 2.78. The van der Waals surface area contributed by atoms with Crippen LogP contribution in [0.3, 0.4) is 0 Å². The van der Waals surface area contributed by atoms with Crippen LogP contribution in [0.2, 0.25) is 5.02 Å². The molecule has 164 valence electrons. The third-order valence-electron chi connectivity index (χ3n) is 4.93. The summed E-state index contributed by atoms with van der Waals surface area (Å²) in [6.07, 6.45) is -0.710. The van der Waals surface area contributed by atoms with Crippen molar-refractivity contribution in [3.05, 3.63) is 83.1 Å². The molecule has 0 bridgehead atoms. The quantitative estimate of drug-likeness (QED) is 0.580. The number of nitrogens with zero attached hydrogens (tertiary/aromatic N) is 1. The van der Waals surface area contributed by atoms with Crippen LogP contribution in [0.25, 0.3) is 0 Å². The number of ether oxygens (including phenoxy) is 2. The molecule has 2 amide bonds. The van der Waals surface area contributed by atoms with Crippen LogP contribution in [0.15, 0.2) is 66.7 Å². The molecule has 6 nitrogen and oxygen atoms in total. The van der Waals surface area contributed by atoms with E-state index in [9.17, 15) is 14.0 Å². The highest BCUT2D eigenvalue weighted by molar-refractivity contribution is 6.32. The number of nitrogens with one attached hydrogen (secondary N) is 1. The fourth-order valence-electron chi connectivity index (χ4n) is 3.35. The van der Waals surface area contributed by atoms with E-state index in [1.165, 1.54) is 11.0 Å². The normalized spacial score (nSPS) is 15.0. The summed E-state index contributed by atoms with van der Waals surface area (Å²) in [5, 5.41) is 3.13. The molecule has 1 N–H and O–H groups in total. The monoisotopic (exact) mass is 454 g/mol. The van der Waals surface area contributed by atoms with Gasteiger partial charge in [-0.15, -0.1) is 0 Å². The number of para-hydroxylation sites is 1. The van der Waals surface area contributed by atoms with Crippen molar-refractivity contribution in [3.63, 3.8) is 0 Å². The van der Waals surface area contributed by atoms with Gasteiger partial charge in [0.25, 0.3) is 11.8 Å². The molecule has 0 aromatic heterocycles. The van der Waals surface area contributed by atoms with Crippen molar-refractivity contribution < 1.29 is 23.5 Å². The molecule has 1 aliphatic rings. The molecule has 0 aliphatic carbocycles. The Hall–Kier alpha value is -3.58. The lowest BCUT2D eigenvalue weighted by Gasteiger charge is -2.33. The minimum atomic E-state index is -0.710. The molecule has 32 heavy (non-hydrogen) atoms. The zero-order chi connectivity index (χ0) is 22.7. The van der Waals surface area contributed by atoms with Crippen LogP contribution in [0.5, 0.6) is 11.5 Å². The van der Waals surface area contributed by atoms with Crippen LogP contribution >= 0.6 is 11.6 Å². The van der Waals surface area contributed by atoms with Gasteiger partial charge >= 0.3 is 0 Å². The van der Waals surface area contributed by atoms with Gasteiger partial charge in [0.15, 0.2) is 12.7 Å². The zero-order valence-corrected chi connectivity index (χ0v) is 17.9. The van der Waals surface area contributed by atoms with E-state index in [4.69, 9.17) is 21.1 Å². The summed E-state index contributed by atoms with van der Waals surface area (Å²) < 4.78 is 25.3. The van der Waals surface area contributed by atoms with Gasteiger partial charge in [0.1, 0.15) is 17.3 Å². The first-order valence-corrected chi connectivity index (χ1v) is 10.3. The minimum absolute atomic E-state index is 0.0409. The molecule has 8 heteroatoms. The van der Waals surface area contributed by atoms with Gasteiger partial charge in [-0.2, -0.15) is 0 Å². The summed E-state index contributed by atoms with van der Waals surface area (Å²) >= 11 is 6.03. The highest BCUT2D eigenvalue weighted by Crippen LogP contribution is 2.37. The van der Waals surface area contributed by atoms with Crippen LogP contribution in [0, 0.1) is 5.82 Å². The highest BCUT2D eigenvalue weighted by atomic mass is 35.5. The molecule has 0 saturated carbocycles. The Morgan fingerprint density at radius 3 is 2.69 bits per heavy atom. The predicted molar refractivity (Wildman–Crippen MR) is 120 cm³/mol. The average molecular weight is 455 g/mol. The number of rotatable bonds is 6. The molecule has 0 spiro atoms. The molecule has 0 fully saturated rings. The Labute approximate surface area is 189 Å². The number of hydrogen-bond donors (Lipinski definition) is 1. The van der Waals surface area contributed by atoms with Gasteiger partial charge in [0, 0.05) is 11.3 Å². The summed E-state index contributed by atoms with van der Waals surface area (Å²) in [5.74, 6) is -0.229. The maximum absolute atomic E-state index is 14.2. The standard InChI is InChI=1S/C24H20ClFN2O4/c1-15-24(30)28(13-16-6-2-4-8-19(16)26)20-12-17(10-11-22(20)32-15)27-23(29)14-31-21-9-5-3-7-18(21)25/h2-12,15H,13-14H2,1H3,(H,27,29). The number of hydrogen-bond acceptors (Lipinski definition) is 4. The highest BCUT2D eigenvalue weighted by Gasteiger charge is 2.32. The van der Waals surface area contributed by atoms with Crippen molar-refractivity contribution in [2.75, 3.05) is 16.8 Å². The van der Waals surface area contributed by atoms with Gasteiger partial charge in [0.2, 0.25) is 0 Å². The van der Waals surface area contributed by atoms with E-state index in [1.807, 2.05) is 0 Å². The first-order valence-electron chi connectivity index (χ1n) is 9.95. The molecular formula is C24H20ClFN2O4. The van der Waals surface area contributed by atoms with Gasteiger partial charge in [-0.3, -0.25) is 9.59 Å². The SMILES string of the molecule is CC1Oc2ccc(NC(=O)COc3ccccc3Cl)cc2N(Cc2ccccc2F)C1=O. The van der Waals surface area contributed by atoms with Gasteiger partial charge in [-0.25, -0.2) is 4.39 Å². The second-order valence-electron chi connectivity index (χ2n) is 7.23. The topological polar surface area (TPSA) is 67.9 Å². The zero-order valence-electron chi connectivity index (χ0n) is 17.2. The smallest absolute Gasteiger partial charge is 0.268 e.